The second-order valence-electron chi connectivity index (χ2n) is 6.11. The minimum atomic E-state index is -0.211. The summed E-state index contributed by atoms with van der Waals surface area (Å²) in [5.41, 5.74) is 3.63. The fourth-order valence-corrected chi connectivity index (χ4v) is 2.98. The van der Waals surface area contributed by atoms with Gasteiger partial charge >= 0.3 is 0 Å². The molecule has 23 heavy (non-hydrogen) atoms. The predicted molar refractivity (Wildman–Crippen MR) is 91.9 cm³/mol. The summed E-state index contributed by atoms with van der Waals surface area (Å²) in [5, 5.41) is 6.69. The van der Waals surface area contributed by atoms with E-state index in [0.717, 1.165) is 43.1 Å². The molecule has 1 aromatic heterocycles. The Balaban J connectivity index is 1.85. The van der Waals surface area contributed by atoms with Gasteiger partial charge in [-0.3, -0.25) is 5.01 Å². The minimum Gasteiger partial charge on any atom is -0.315 e. The van der Waals surface area contributed by atoms with Crippen LogP contribution in [0.3, 0.4) is 0 Å². The largest absolute Gasteiger partial charge is 0.315 e. The summed E-state index contributed by atoms with van der Waals surface area (Å²) in [6, 6.07) is 8.92. The molecular formula is C18H23FN4. The molecule has 3 rings (SSSR count). The molecule has 2 aromatic rings. The topological polar surface area (TPSA) is 23.8 Å². The Morgan fingerprint density at radius 3 is 2.48 bits per heavy atom. The van der Waals surface area contributed by atoms with E-state index in [0.29, 0.717) is 5.69 Å². The van der Waals surface area contributed by atoms with Gasteiger partial charge in [0.25, 0.3) is 0 Å². The first-order valence-electron chi connectivity index (χ1n) is 7.97. The van der Waals surface area contributed by atoms with Crippen molar-refractivity contribution in [2.45, 2.75) is 13.8 Å². The van der Waals surface area contributed by atoms with E-state index in [1.165, 1.54) is 6.07 Å². The monoisotopic (exact) mass is 314 g/mol. The van der Waals surface area contributed by atoms with Crippen LogP contribution in [0.4, 0.5) is 4.39 Å². The molecule has 0 spiro atoms. The lowest BCUT2D eigenvalue weighted by atomic mass is 10.2. The molecule has 2 heterocycles. The summed E-state index contributed by atoms with van der Waals surface area (Å²) >= 11 is 0. The zero-order valence-corrected chi connectivity index (χ0v) is 14.0. The number of hydrogen-bond acceptors (Lipinski definition) is 3. The number of hydrogen-bond donors (Lipinski definition) is 0. The van der Waals surface area contributed by atoms with Crippen molar-refractivity contribution in [1.29, 1.82) is 0 Å². The number of piperazine rings is 1. The molecule has 1 aliphatic heterocycles. The first-order valence-corrected chi connectivity index (χ1v) is 7.97. The van der Waals surface area contributed by atoms with Gasteiger partial charge in [0, 0.05) is 43.1 Å². The van der Waals surface area contributed by atoms with E-state index in [2.05, 4.69) is 28.1 Å². The second-order valence-corrected chi connectivity index (χ2v) is 6.11. The van der Waals surface area contributed by atoms with Gasteiger partial charge in [-0.15, -0.1) is 0 Å². The molecule has 1 fully saturated rings. The van der Waals surface area contributed by atoms with Gasteiger partial charge in [-0.1, -0.05) is 12.1 Å². The number of benzene rings is 1. The second kappa shape index (κ2) is 6.54. The van der Waals surface area contributed by atoms with Crippen molar-refractivity contribution in [3.05, 3.63) is 53.1 Å². The SMILES string of the molecule is Cc1cc(/C=N/N2CCN(C)CC2)c(C)n1-c1ccccc1F. The maximum Gasteiger partial charge on any atom is 0.147 e. The maximum absolute atomic E-state index is 14.1. The van der Waals surface area contributed by atoms with Gasteiger partial charge in [-0.2, -0.15) is 5.10 Å². The Morgan fingerprint density at radius 2 is 1.78 bits per heavy atom. The maximum atomic E-state index is 14.1. The van der Waals surface area contributed by atoms with Gasteiger partial charge in [0.15, 0.2) is 0 Å². The lowest BCUT2D eigenvalue weighted by Gasteiger charge is -2.30. The molecule has 0 saturated carbocycles. The summed E-state index contributed by atoms with van der Waals surface area (Å²) in [7, 11) is 2.13. The minimum absolute atomic E-state index is 0.211. The lowest BCUT2D eigenvalue weighted by Crippen LogP contribution is -2.41. The van der Waals surface area contributed by atoms with Gasteiger partial charge in [0.2, 0.25) is 0 Å². The van der Waals surface area contributed by atoms with E-state index < -0.39 is 0 Å². The Kier molecular flexibility index (Phi) is 4.48. The molecule has 0 aliphatic carbocycles. The molecule has 0 N–H and O–H groups in total. The zero-order valence-electron chi connectivity index (χ0n) is 14.0. The van der Waals surface area contributed by atoms with Crippen LogP contribution in [0, 0.1) is 19.7 Å². The van der Waals surface area contributed by atoms with E-state index in [1.807, 2.05) is 30.7 Å². The first-order chi connectivity index (χ1) is 11.1. The van der Waals surface area contributed by atoms with E-state index in [-0.39, 0.29) is 5.82 Å². The van der Waals surface area contributed by atoms with Crippen LogP contribution in [0.25, 0.3) is 5.69 Å². The quantitative estimate of drug-likeness (QED) is 0.814. The van der Waals surface area contributed by atoms with Crippen molar-refractivity contribution in [2.75, 3.05) is 33.2 Å². The number of rotatable bonds is 3. The zero-order chi connectivity index (χ0) is 16.4. The average molecular weight is 314 g/mol. The van der Waals surface area contributed by atoms with Crippen molar-refractivity contribution in [3.8, 4) is 5.69 Å². The summed E-state index contributed by atoms with van der Waals surface area (Å²) < 4.78 is 16.0. The molecule has 4 nitrogen and oxygen atoms in total. The van der Waals surface area contributed by atoms with Gasteiger partial charge in [0.05, 0.1) is 11.9 Å². The predicted octanol–water partition coefficient (Wildman–Crippen LogP) is 2.81. The molecule has 0 radical (unpaired) electrons. The van der Waals surface area contributed by atoms with Gasteiger partial charge in [-0.25, -0.2) is 4.39 Å². The van der Waals surface area contributed by atoms with E-state index in [1.54, 1.807) is 12.1 Å². The number of nitrogens with zero attached hydrogens (tertiary/aromatic N) is 4. The number of likely N-dealkylation sites (N-methyl/N-ethyl adjacent to an activating group) is 1. The molecule has 122 valence electrons. The highest BCUT2D eigenvalue weighted by Gasteiger charge is 2.14. The van der Waals surface area contributed by atoms with E-state index >= 15 is 0 Å². The number of aromatic nitrogens is 1. The Labute approximate surface area is 136 Å². The molecule has 0 amide bonds. The van der Waals surface area contributed by atoms with Crippen LogP contribution in [0.1, 0.15) is 17.0 Å². The van der Waals surface area contributed by atoms with Crippen LogP contribution in [-0.2, 0) is 0 Å². The third kappa shape index (κ3) is 3.29. The van der Waals surface area contributed by atoms with Crippen molar-refractivity contribution < 1.29 is 4.39 Å². The number of halogens is 1. The van der Waals surface area contributed by atoms with Crippen molar-refractivity contribution in [2.24, 2.45) is 5.10 Å². The Bertz CT molecular complexity index is 712. The molecule has 0 atom stereocenters. The number of aryl methyl sites for hydroxylation is 1. The third-order valence-corrected chi connectivity index (χ3v) is 4.40. The molecule has 1 saturated heterocycles. The smallest absolute Gasteiger partial charge is 0.147 e. The van der Waals surface area contributed by atoms with Gasteiger partial charge in [0.1, 0.15) is 5.82 Å². The average Bonchev–Trinajstić information content (AvgIpc) is 2.82. The van der Waals surface area contributed by atoms with Crippen LogP contribution in [0.15, 0.2) is 35.4 Å². The van der Waals surface area contributed by atoms with Crippen LogP contribution in [-0.4, -0.2) is 53.9 Å². The standard InChI is InChI=1S/C18H23FN4/c1-14-12-16(13-20-22-10-8-21(3)9-11-22)15(2)23(14)18-7-5-4-6-17(18)19/h4-7,12-13H,8-11H2,1-3H3/b20-13+. The Hall–Kier alpha value is -2.14. The highest BCUT2D eigenvalue weighted by Crippen LogP contribution is 2.22. The number of hydrazone groups is 1. The molecule has 0 bridgehead atoms. The fraction of sp³-hybridized carbons (Fsp3) is 0.389. The molecule has 1 aliphatic rings. The Morgan fingerprint density at radius 1 is 1.09 bits per heavy atom. The first kappa shape index (κ1) is 15.7. The van der Waals surface area contributed by atoms with Crippen molar-refractivity contribution in [3.63, 3.8) is 0 Å². The van der Waals surface area contributed by atoms with Gasteiger partial charge in [-0.05, 0) is 39.1 Å². The van der Waals surface area contributed by atoms with Crippen molar-refractivity contribution in [1.82, 2.24) is 14.5 Å². The third-order valence-electron chi connectivity index (χ3n) is 4.40. The normalized spacial score (nSPS) is 16.4. The van der Waals surface area contributed by atoms with Crippen molar-refractivity contribution >= 4 is 6.21 Å². The molecule has 1 aromatic carbocycles. The molecule has 5 heteroatoms. The molecule has 0 unspecified atom stereocenters. The van der Waals surface area contributed by atoms with Crippen LogP contribution >= 0.6 is 0 Å². The summed E-state index contributed by atoms with van der Waals surface area (Å²) in [6.07, 6.45) is 1.89. The fourth-order valence-electron chi connectivity index (χ4n) is 2.98. The molecular weight excluding hydrogens is 291 g/mol. The van der Waals surface area contributed by atoms with Crippen LogP contribution in [0.2, 0.25) is 0 Å². The highest BCUT2D eigenvalue weighted by atomic mass is 19.1. The van der Waals surface area contributed by atoms with E-state index in [9.17, 15) is 4.39 Å². The summed E-state index contributed by atoms with van der Waals surface area (Å²) in [6.45, 7) is 7.95. The van der Waals surface area contributed by atoms with Crippen LogP contribution in [0.5, 0.6) is 0 Å². The summed E-state index contributed by atoms with van der Waals surface area (Å²) in [5.74, 6) is -0.211. The van der Waals surface area contributed by atoms with E-state index in [4.69, 9.17) is 0 Å². The van der Waals surface area contributed by atoms with Gasteiger partial charge < -0.3 is 9.47 Å². The lowest BCUT2D eigenvalue weighted by molar-refractivity contribution is 0.159. The highest BCUT2D eigenvalue weighted by molar-refractivity contribution is 5.82. The van der Waals surface area contributed by atoms with Crippen LogP contribution < -0.4 is 0 Å². The summed E-state index contributed by atoms with van der Waals surface area (Å²) in [4.78, 5) is 2.30. The number of para-hydroxylation sites is 1.